The number of halogens is 2. The topological polar surface area (TPSA) is 29.5 Å². The van der Waals surface area contributed by atoms with Crippen LogP contribution < -0.4 is 4.74 Å². The van der Waals surface area contributed by atoms with Crippen molar-refractivity contribution in [3.8, 4) is 5.75 Å². The molecule has 0 aliphatic carbocycles. The van der Waals surface area contributed by atoms with Crippen LogP contribution >= 0.6 is 31.9 Å². The molecule has 0 fully saturated rings. The van der Waals surface area contributed by atoms with Crippen LogP contribution in [0.1, 0.15) is 29.7 Å². The molecular weight excluding hydrogens is 422 g/mol. The summed E-state index contributed by atoms with van der Waals surface area (Å²) < 4.78 is 7.59. The predicted octanol–water partition coefficient (Wildman–Crippen LogP) is 4.71. The zero-order valence-corrected chi connectivity index (χ0v) is 15.9. The summed E-state index contributed by atoms with van der Waals surface area (Å²) in [5.41, 5.74) is 3.50. The van der Waals surface area contributed by atoms with Crippen LogP contribution in [0, 0.1) is 0 Å². The van der Waals surface area contributed by atoms with E-state index in [1.54, 1.807) is 0 Å². The third-order valence-electron chi connectivity index (χ3n) is 4.03. The average Bonchev–Trinajstić information content (AvgIpc) is 2.53. The molecule has 3 rings (SSSR count). The van der Waals surface area contributed by atoms with Crippen molar-refractivity contribution >= 4 is 38.3 Å². The molecule has 1 aliphatic heterocycles. The molecule has 2 aromatic carbocycles. The monoisotopic (exact) mass is 437 g/mol. The average molecular weight is 439 g/mol. The molecule has 0 aromatic heterocycles. The fourth-order valence-corrected chi connectivity index (χ4v) is 4.43. The van der Waals surface area contributed by atoms with E-state index in [1.165, 1.54) is 5.56 Å². The third kappa shape index (κ3) is 3.45. The second kappa shape index (κ2) is 7.05. The zero-order chi connectivity index (χ0) is 16.4. The summed E-state index contributed by atoms with van der Waals surface area (Å²) in [5.74, 6) is 0.889. The Hall–Kier alpha value is -1.33. The van der Waals surface area contributed by atoms with Gasteiger partial charge in [-0.05, 0) is 60.4 Å². The highest BCUT2D eigenvalue weighted by Gasteiger charge is 2.28. The van der Waals surface area contributed by atoms with Crippen LogP contribution in [0.25, 0.3) is 0 Å². The first kappa shape index (κ1) is 16.5. The van der Waals surface area contributed by atoms with Gasteiger partial charge >= 0.3 is 0 Å². The van der Waals surface area contributed by atoms with Crippen LogP contribution in [-0.4, -0.2) is 24.5 Å². The van der Waals surface area contributed by atoms with E-state index in [9.17, 15) is 4.79 Å². The highest BCUT2D eigenvalue weighted by Crippen LogP contribution is 2.37. The van der Waals surface area contributed by atoms with Crippen molar-refractivity contribution in [1.29, 1.82) is 0 Å². The standard InChI is InChI=1S/C18H17Br2NO2/c1-2-23-16-3-4-17-12(9-16)5-6-21(11-22)18(17)13-7-14(19)10-15(20)8-13/h3-4,7-11,18H,2,5-6H2,1H3. The normalized spacial score (nSPS) is 16.8. The van der Waals surface area contributed by atoms with Crippen molar-refractivity contribution in [2.24, 2.45) is 0 Å². The lowest BCUT2D eigenvalue weighted by atomic mass is 9.88. The molecule has 0 bridgehead atoms. The Balaban J connectivity index is 2.08. The van der Waals surface area contributed by atoms with Gasteiger partial charge in [0.2, 0.25) is 6.41 Å². The molecule has 23 heavy (non-hydrogen) atoms. The van der Waals surface area contributed by atoms with E-state index in [2.05, 4.69) is 56.1 Å². The highest BCUT2D eigenvalue weighted by atomic mass is 79.9. The van der Waals surface area contributed by atoms with Crippen LogP contribution in [-0.2, 0) is 11.2 Å². The van der Waals surface area contributed by atoms with Crippen LogP contribution in [0.5, 0.6) is 5.75 Å². The first-order chi connectivity index (χ1) is 11.1. The maximum absolute atomic E-state index is 11.6. The molecular formula is C18H17Br2NO2. The van der Waals surface area contributed by atoms with Gasteiger partial charge in [0.05, 0.1) is 12.6 Å². The second-order valence-electron chi connectivity index (χ2n) is 5.49. The summed E-state index contributed by atoms with van der Waals surface area (Å²) in [6, 6.07) is 12.2. The molecule has 120 valence electrons. The fourth-order valence-electron chi connectivity index (χ4n) is 3.10. The van der Waals surface area contributed by atoms with Gasteiger partial charge in [-0.3, -0.25) is 4.79 Å². The largest absolute Gasteiger partial charge is 0.494 e. The van der Waals surface area contributed by atoms with E-state index in [-0.39, 0.29) is 6.04 Å². The van der Waals surface area contributed by atoms with Gasteiger partial charge < -0.3 is 9.64 Å². The Morgan fingerprint density at radius 2 is 1.96 bits per heavy atom. The summed E-state index contributed by atoms with van der Waals surface area (Å²) in [5, 5.41) is 0. The lowest BCUT2D eigenvalue weighted by Crippen LogP contribution is -2.35. The molecule has 2 aromatic rings. The van der Waals surface area contributed by atoms with Crippen molar-refractivity contribution in [3.63, 3.8) is 0 Å². The zero-order valence-electron chi connectivity index (χ0n) is 12.8. The molecule has 0 N–H and O–H groups in total. The quantitative estimate of drug-likeness (QED) is 0.646. The van der Waals surface area contributed by atoms with Crippen LogP contribution in [0.4, 0.5) is 0 Å². The van der Waals surface area contributed by atoms with Crippen LogP contribution in [0.3, 0.4) is 0 Å². The van der Waals surface area contributed by atoms with Gasteiger partial charge in [-0.25, -0.2) is 0 Å². The van der Waals surface area contributed by atoms with E-state index in [1.807, 2.05) is 24.0 Å². The van der Waals surface area contributed by atoms with Crippen molar-refractivity contribution in [3.05, 3.63) is 62.0 Å². The second-order valence-corrected chi connectivity index (χ2v) is 7.32. The van der Waals surface area contributed by atoms with Crippen LogP contribution in [0.15, 0.2) is 45.3 Å². The van der Waals surface area contributed by atoms with E-state index >= 15 is 0 Å². The van der Waals surface area contributed by atoms with E-state index in [0.717, 1.165) is 38.7 Å². The molecule has 3 nitrogen and oxygen atoms in total. The first-order valence-electron chi connectivity index (χ1n) is 7.55. The van der Waals surface area contributed by atoms with Gasteiger partial charge in [0.1, 0.15) is 5.75 Å². The van der Waals surface area contributed by atoms with Crippen molar-refractivity contribution in [2.45, 2.75) is 19.4 Å². The molecule has 1 atom stereocenters. The van der Waals surface area contributed by atoms with Gasteiger partial charge in [0.25, 0.3) is 0 Å². The van der Waals surface area contributed by atoms with Gasteiger partial charge in [-0.2, -0.15) is 0 Å². The van der Waals surface area contributed by atoms with Gasteiger partial charge in [-0.15, -0.1) is 0 Å². The Morgan fingerprint density at radius 3 is 2.61 bits per heavy atom. The Bertz CT molecular complexity index is 713. The number of rotatable bonds is 4. The summed E-state index contributed by atoms with van der Waals surface area (Å²) in [6.07, 6.45) is 1.79. The Labute approximate surface area is 152 Å². The molecule has 1 aliphatic rings. The minimum Gasteiger partial charge on any atom is -0.494 e. The number of benzene rings is 2. The number of carbonyl (C=O) groups is 1. The molecule has 1 unspecified atom stereocenters. The Morgan fingerprint density at radius 1 is 1.22 bits per heavy atom. The number of nitrogens with zero attached hydrogens (tertiary/aromatic N) is 1. The lowest BCUT2D eigenvalue weighted by Gasteiger charge is -2.35. The van der Waals surface area contributed by atoms with Gasteiger partial charge in [0.15, 0.2) is 0 Å². The summed E-state index contributed by atoms with van der Waals surface area (Å²) in [6.45, 7) is 3.34. The van der Waals surface area contributed by atoms with Gasteiger partial charge in [-0.1, -0.05) is 37.9 Å². The summed E-state index contributed by atoms with van der Waals surface area (Å²) in [7, 11) is 0. The molecule has 0 radical (unpaired) electrons. The molecule has 1 amide bonds. The molecule has 1 heterocycles. The number of amides is 1. The predicted molar refractivity (Wildman–Crippen MR) is 97.8 cm³/mol. The first-order valence-corrected chi connectivity index (χ1v) is 9.13. The van der Waals surface area contributed by atoms with E-state index in [4.69, 9.17) is 4.74 Å². The fraction of sp³-hybridized carbons (Fsp3) is 0.278. The van der Waals surface area contributed by atoms with E-state index < -0.39 is 0 Å². The number of fused-ring (bicyclic) bond motifs is 1. The minimum atomic E-state index is -0.0688. The molecule has 0 spiro atoms. The van der Waals surface area contributed by atoms with Crippen LogP contribution in [0.2, 0.25) is 0 Å². The smallest absolute Gasteiger partial charge is 0.210 e. The van der Waals surface area contributed by atoms with Crippen molar-refractivity contribution in [1.82, 2.24) is 4.90 Å². The third-order valence-corrected chi connectivity index (χ3v) is 4.94. The Kier molecular flexibility index (Phi) is 5.07. The molecule has 5 heteroatoms. The SMILES string of the molecule is CCOc1ccc2c(c1)CCN(C=O)C2c1cc(Br)cc(Br)c1. The number of carbonyl (C=O) groups excluding carboxylic acids is 1. The maximum atomic E-state index is 11.6. The van der Waals surface area contributed by atoms with Gasteiger partial charge in [0, 0.05) is 15.5 Å². The van der Waals surface area contributed by atoms with Crippen molar-refractivity contribution < 1.29 is 9.53 Å². The number of ether oxygens (including phenoxy) is 1. The maximum Gasteiger partial charge on any atom is 0.210 e. The van der Waals surface area contributed by atoms with E-state index in [0.29, 0.717) is 13.2 Å². The molecule has 0 saturated carbocycles. The molecule has 0 saturated heterocycles. The summed E-state index contributed by atoms with van der Waals surface area (Å²) in [4.78, 5) is 13.4. The summed E-state index contributed by atoms with van der Waals surface area (Å²) >= 11 is 7.07. The number of hydrogen-bond donors (Lipinski definition) is 0. The minimum absolute atomic E-state index is 0.0688. The lowest BCUT2D eigenvalue weighted by molar-refractivity contribution is -0.119. The highest BCUT2D eigenvalue weighted by molar-refractivity contribution is 9.11. The van der Waals surface area contributed by atoms with Crippen molar-refractivity contribution in [2.75, 3.05) is 13.2 Å². The number of hydrogen-bond acceptors (Lipinski definition) is 2.